The first-order valence-electron chi connectivity index (χ1n) is 8.32. The third kappa shape index (κ3) is 4.68. The van der Waals surface area contributed by atoms with E-state index in [1.165, 1.54) is 11.8 Å². The Morgan fingerprint density at radius 1 is 1.19 bits per heavy atom. The normalized spacial score (nSPS) is 12.0. The molecule has 2 aromatic carbocycles. The summed E-state index contributed by atoms with van der Waals surface area (Å²) in [5, 5.41) is 3.51. The Hall–Kier alpha value is -2.24. The SMILES string of the molecule is Cc1nccn1-c1ccc(CNC(=O)C(C)Sc2ccc(Cl)cc2)cc1. The van der Waals surface area contributed by atoms with Crippen LogP contribution < -0.4 is 5.32 Å². The highest BCUT2D eigenvalue weighted by Crippen LogP contribution is 2.24. The number of aromatic nitrogens is 2. The second kappa shape index (κ2) is 8.43. The van der Waals surface area contributed by atoms with Crippen molar-refractivity contribution in [3.63, 3.8) is 0 Å². The molecule has 1 aromatic heterocycles. The van der Waals surface area contributed by atoms with E-state index in [0.717, 1.165) is 22.0 Å². The Kier molecular flexibility index (Phi) is 6.01. The lowest BCUT2D eigenvalue weighted by Crippen LogP contribution is -2.30. The van der Waals surface area contributed by atoms with Crippen LogP contribution in [0.1, 0.15) is 18.3 Å². The van der Waals surface area contributed by atoms with E-state index >= 15 is 0 Å². The molecule has 6 heteroatoms. The zero-order chi connectivity index (χ0) is 18.5. The molecule has 0 bridgehead atoms. The Morgan fingerprint density at radius 3 is 2.50 bits per heavy atom. The zero-order valence-corrected chi connectivity index (χ0v) is 16.2. The van der Waals surface area contributed by atoms with Gasteiger partial charge in [-0.25, -0.2) is 4.98 Å². The van der Waals surface area contributed by atoms with Crippen LogP contribution in [0.25, 0.3) is 5.69 Å². The van der Waals surface area contributed by atoms with Crippen molar-refractivity contribution in [2.24, 2.45) is 0 Å². The van der Waals surface area contributed by atoms with Crippen LogP contribution in [0.2, 0.25) is 5.02 Å². The van der Waals surface area contributed by atoms with Crippen LogP contribution >= 0.6 is 23.4 Å². The summed E-state index contributed by atoms with van der Waals surface area (Å²) in [6.45, 7) is 4.38. The molecule has 3 rings (SSSR count). The largest absolute Gasteiger partial charge is 0.351 e. The van der Waals surface area contributed by atoms with Crippen LogP contribution in [0.5, 0.6) is 0 Å². The first-order valence-corrected chi connectivity index (χ1v) is 9.58. The maximum absolute atomic E-state index is 12.3. The average molecular weight is 386 g/mol. The number of carbonyl (C=O) groups is 1. The summed E-state index contributed by atoms with van der Waals surface area (Å²) >= 11 is 7.40. The minimum Gasteiger partial charge on any atom is -0.351 e. The Labute approximate surface area is 162 Å². The second-order valence-electron chi connectivity index (χ2n) is 5.94. The second-order valence-corrected chi connectivity index (χ2v) is 7.79. The molecule has 1 atom stereocenters. The van der Waals surface area contributed by atoms with Crippen molar-refractivity contribution in [3.05, 3.63) is 77.3 Å². The lowest BCUT2D eigenvalue weighted by atomic mass is 10.2. The fraction of sp³-hybridized carbons (Fsp3) is 0.200. The molecule has 0 aliphatic heterocycles. The van der Waals surface area contributed by atoms with Crippen molar-refractivity contribution in [1.29, 1.82) is 0 Å². The molecule has 0 fully saturated rings. The van der Waals surface area contributed by atoms with E-state index in [1.54, 1.807) is 6.20 Å². The summed E-state index contributed by atoms with van der Waals surface area (Å²) in [6, 6.07) is 15.6. The lowest BCUT2D eigenvalue weighted by molar-refractivity contribution is -0.120. The van der Waals surface area contributed by atoms with Crippen molar-refractivity contribution >= 4 is 29.3 Å². The summed E-state index contributed by atoms with van der Waals surface area (Å²) in [5.41, 5.74) is 2.12. The Morgan fingerprint density at radius 2 is 1.88 bits per heavy atom. The van der Waals surface area contributed by atoms with Crippen molar-refractivity contribution in [3.8, 4) is 5.69 Å². The smallest absolute Gasteiger partial charge is 0.233 e. The highest BCUT2D eigenvalue weighted by Gasteiger charge is 2.14. The molecule has 0 aliphatic rings. The van der Waals surface area contributed by atoms with E-state index in [0.29, 0.717) is 11.6 Å². The maximum Gasteiger partial charge on any atom is 0.233 e. The van der Waals surface area contributed by atoms with Gasteiger partial charge in [-0.15, -0.1) is 11.8 Å². The molecule has 0 radical (unpaired) electrons. The van der Waals surface area contributed by atoms with Crippen LogP contribution in [0, 0.1) is 6.92 Å². The molecule has 0 saturated heterocycles. The highest BCUT2D eigenvalue weighted by molar-refractivity contribution is 8.00. The predicted octanol–water partition coefficient (Wildman–Crippen LogP) is 4.63. The molecule has 1 N–H and O–H groups in total. The van der Waals surface area contributed by atoms with Gasteiger partial charge in [0.05, 0.1) is 5.25 Å². The van der Waals surface area contributed by atoms with Gasteiger partial charge in [0, 0.05) is 34.5 Å². The number of carbonyl (C=O) groups excluding carboxylic acids is 1. The van der Waals surface area contributed by atoms with Crippen LogP contribution in [0.15, 0.2) is 65.8 Å². The van der Waals surface area contributed by atoms with E-state index in [9.17, 15) is 4.79 Å². The first-order chi connectivity index (χ1) is 12.5. The lowest BCUT2D eigenvalue weighted by Gasteiger charge is -2.12. The average Bonchev–Trinajstić information content (AvgIpc) is 3.08. The molecule has 0 aliphatic carbocycles. The van der Waals surface area contributed by atoms with E-state index in [-0.39, 0.29) is 11.2 Å². The number of amides is 1. The number of halogens is 1. The van der Waals surface area contributed by atoms with Gasteiger partial charge in [-0.1, -0.05) is 23.7 Å². The quantitative estimate of drug-likeness (QED) is 0.629. The molecular formula is C20H20ClN3OS. The number of nitrogens with zero attached hydrogens (tertiary/aromatic N) is 2. The molecule has 1 unspecified atom stereocenters. The van der Waals surface area contributed by atoms with Gasteiger partial charge < -0.3 is 9.88 Å². The molecule has 1 heterocycles. The van der Waals surface area contributed by atoms with Crippen molar-refractivity contribution in [1.82, 2.24) is 14.9 Å². The fourth-order valence-corrected chi connectivity index (χ4v) is 3.55. The minimum absolute atomic E-state index is 0.0134. The van der Waals surface area contributed by atoms with Crippen molar-refractivity contribution < 1.29 is 4.79 Å². The number of imidazole rings is 1. The van der Waals surface area contributed by atoms with Gasteiger partial charge in [-0.3, -0.25) is 4.79 Å². The first kappa shape index (κ1) is 18.5. The number of thioether (sulfide) groups is 1. The predicted molar refractivity (Wildman–Crippen MR) is 107 cm³/mol. The molecule has 4 nitrogen and oxygen atoms in total. The summed E-state index contributed by atoms with van der Waals surface area (Å²) in [6.07, 6.45) is 3.71. The van der Waals surface area contributed by atoms with Crippen molar-refractivity contribution in [2.75, 3.05) is 0 Å². The van der Waals surface area contributed by atoms with E-state index in [4.69, 9.17) is 11.6 Å². The summed E-state index contributed by atoms with van der Waals surface area (Å²) in [5.74, 6) is 0.957. The standard InChI is InChI=1S/C20H20ClN3OS/c1-14(26-19-9-5-17(21)6-10-19)20(25)23-13-16-3-7-18(8-4-16)24-12-11-22-15(24)2/h3-12,14H,13H2,1-2H3,(H,23,25). The van der Waals surface area contributed by atoms with Crippen LogP contribution in [-0.2, 0) is 11.3 Å². The number of aryl methyl sites for hydroxylation is 1. The maximum atomic E-state index is 12.3. The topological polar surface area (TPSA) is 46.9 Å². The molecular weight excluding hydrogens is 366 g/mol. The van der Waals surface area contributed by atoms with Crippen LogP contribution in [0.4, 0.5) is 0 Å². The molecule has 26 heavy (non-hydrogen) atoms. The van der Waals surface area contributed by atoms with Crippen LogP contribution in [-0.4, -0.2) is 20.7 Å². The van der Waals surface area contributed by atoms with E-state index in [2.05, 4.69) is 10.3 Å². The summed E-state index contributed by atoms with van der Waals surface area (Å²) in [4.78, 5) is 17.6. The Bertz CT molecular complexity index is 875. The number of rotatable bonds is 6. The molecule has 134 valence electrons. The molecule has 3 aromatic rings. The summed E-state index contributed by atoms with van der Waals surface area (Å²) < 4.78 is 2.02. The number of hydrogen-bond acceptors (Lipinski definition) is 3. The van der Waals surface area contributed by atoms with Gasteiger partial charge in [-0.2, -0.15) is 0 Å². The minimum atomic E-state index is -0.177. The molecule has 0 saturated carbocycles. The number of hydrogen-bond donors (Lipinski definition) is 1. The van der Waals surface area contributed by atoms with Gasteiger partial charge in [0.2, 0.25) is 5.91 Å². The van der Waals surface area contributed by atoms with Gasteiger partial charge in [0.1, 0.15) is 5.82 Å². The van der Waals surface area contributed by atoms with Gasteiger partial charge in [0.15, 0.2) is 0 Å². The monoisotopic (exact) mass is 385 g/mol. The van der Waals surface area contributed by atoms with Crippen molar-refractivity contribution in [2.45, 2.75) is 30.5 Å². The molecule has 0 spiro atoms. The highest BCUT2D eigenvalue weighted by atomic mass is 35.5. The summed E-state index contributed by atoms with van der Waals surface area (Å²) in [7, 11) is 0. The van der Waals surface area contributed by atoms with E-state index < -0.39 is 0 Å². The van der Waals surface area contributed by atoms with Gasteiger partial charge >= 0.3 is 0 Å². The Balaban J connectivity index is 1.54. The third-order valence-corrected chi connectivity index (χ3v) is 5.37. The van der Waals surface area contributed by atoms with Crippen LogP contribution in [0.3, 0.4) is 0 Å². The fourth-order valence-electron chi connectivity index (χ4n) is 2.53. The molecule has 1 amide bonds. The third-order valence-electron chi connectivity index (χ3n) is 4.00. The number of nitrogens with one attached hydrogen (secondary N) is 1. The van der Waals surface area contributed by atoms with Gasteiger partial charge in [-0.05, 0) is 55.8 Å². The van der Waals surface area contributed by atoms with Gasteiger partial charge in [0.25, 0.3) is 0 Å². The number of benzene rings is 2. The zero-order valence-electron chi connectivity index (χ0n) is 14.6. The van der Waals surface area contributed by atoms with E-state index in [1.807, 2.05) is 73.1 Å².